The lowest BCUT2D eigenvalue weighted by Gasteiger charge is -2.22. The second-order valence-corrected chi connectivity index (χ2v) is 3.72. The highest BCUT2D eigenvalue weighted by atomic mass is 79.9. The topological polar surface area (TPSA) is 45.6 Å². The normalized spacial score (nSPS) is 15.3. The first kappa shape index (κ1) is 8.62. The molecule has 0 fully saturated rings. The van der Waals surface area contributed by atoms with Crippen molar-refractivity contribution in [2.75, 3.05) is 11.6 Å². The molecule has 0 atom stereocenters. The Bertz CT molecular complexity index is 342. The zero-order chi connectivity index (χ0) is 9.26. The van der Waals surface area contributed by atoms with Crippen LogP contribution in [0, 0.1) is 4.91 Å². The summed E-state index contributed by atoms with van der Waals surface area (Å²) in [5.74, 6) is 0. The van der Waals surface area contributed by atoms with E-state index in [1.54, 1.807) is 0 Å². The minimum absolute atomic E-state index is 0.694. The molecule has 0 spiro atoms. The van der Waals surface area contributed by atoms with Crippen LogP contribution in [0.3, 0.4) is 0 Å². The number of rotatable bonds is 1. The van der Waals surface area contributed by atoms with Crippen molar-refractivity contribution in [1.82, 2.24) is 4.98 Å². The van der Waals surface area contributed by atoms with Crippen LogP contribution in [0.5, 0.6) is 0 Å². The summed E-state index contributed by atoms with van der Waals surface area (Å²) < 4.78 is 0.805. The lowest BCUT2D eigenvalue weighted by atomic mass is 10.1. The third-order valence-corrected chi connectivity index (χ3v) is 2.52. The van der Waals surface area contributed by atoms with Gasteiger partial charge >= 0.3 is 0 Å². The minimum Gasteiger partial charge on any atom is -0.244 e. The quantitative estimate of drug-likeness (QED) is 0.560. The molecule has 0 saturated heterocycles. The second kappa shape index (κ2) is 3.41. The molecule has 0 radical (unpaired) electrons. The number of fused-ring (bicyclic) bond motifs is 1. The number of aromatic nitrogens is 1. The van der Waals surface area contributed by atoms with Gasteiger partial charge in [0.2, 0.25) is 0 Å². The van der Waals surface area contributed by atoms with Crippen molar-refractivity contribution in [1.29, 1.82) is 0 Å². The summed E-state index contributed by atoms with van der Waals surface area (Å²) in [6.07, 6.45) is 1.85. The molecule has 1 aliphatic heterocycles. The van der Waals surface area contributed by atoms with Crippen LogP contribution in [-0.4, -0.2) is 11.5 Å². The summed E-state index contributed by atoms with van der Waals surface area (Å²) in [7, 11) is 0. The predicted molar refractivity (Wildman–Crippen MR) is 53.4 cm³/mol. The Kier molecular flexibility index (Phi) is 2.26. The Morgan fingerprint density at radius 2 is 2.38 bits per heavy atom. The first-order chi connectivity index (χ1) is 6.31. The summed E-state index contributed by atoms with van der Waals surface area (Å²) in [4.78, 5) is 14.7. The average Bonchev–Trinajstić information content (AvgIpc) is 2.16. The molecule has 1 aliphatic rings. The van der Waals surface area contributed by atoms with Crippen LogP contribution in [0.1, 0.15) is 12.1 Å². The maximum Gasteiger partial charge on any atom is 0.106 e. The smallest absolute Gasteiger partial charge is 0.106 e. The van der Waals surface area contributed by atoms with Crippen LogP contribution in [-0.2, 0) is 6.42 Å². The Morgan fingerprint density at radius 3 is 3.15 bits per heavy atom. The van der Waals surface area contributed by atoms with Gasteiger partial charge in [-0.3, -0.25) is 0 Å². The molecule has 68 valence electrons. The molecular weight excluding hydrogens is 234 g/mol. The number of halogens is 1. The van der Waals surface area contributed by atoms with E-state index in [1.807, 2.05) is 12.1 Å². The number of aryl methyl sites for hydroxylation is 1. The fraction of sp³-hybridized carbons (Fsp3) is 0.375. The standard InChI is InChI=1S/C8H8BrN3O/c9-8-4-3-7-6(10-8)2-1-5-12(7)11-13/h3-4H,1-2,5H2. The molecule has 0 saturated carbocycles. The number of pyridine rings is 1. The average molecular weight is 242 g/mol. The summed E-state index contributed by atoms with van der Waals surface area (Å²) in [6, 6.07) is 3.69. The SMILES string of the molecule is O=NN1CCCc2nc(Br)ccc21. The van der Waals surface area contributed by atoms with Gasteiger partial charge in [0.25, 0.3) is 0 Å². The summed E-state index contributed by atoms with van der Waals surface area (Å²) in [5.41, 5.74) is 1.78. The monoisotopic (exact) mass is 241 g/mol. The molecule has 0 N–H and O–H groups in total. The summed E-state index contributed by atoms with van der Waals surface area (Å²) in [5, 5.41) is 4.40. The molecule has 2 rings (SSSR count). The minimum atomic E-state index is 0.694. The molecule has 13 heavy (non-hydrogen) atoms. The number of hydrogen-bond acceptors (Lipinski definition) is 3. The van der Waals surface area contributed by atoms with Crippen LogP contribution < -0.4 is 5.01 Å². The van der Waals surface area contributed by atoms with Gasteiger partial charge in [-0.25, -0.2) is 9.99 Å². The highest BCUT2D eigenvalue weighted by Gasteiger charge is 2.18. The Balaban J connectivity index is 2.45. The van der Waals surface area contributed by atoms with Crippen molar-refractivity contribution in [3.63, 3.8) is 0 Å². The second-order valence-electron chi connectivity index (χ2n) is 2.91. The number of nitrogens with zero attached hydrogens (tertiary/aromatic N) is 3. The van der Waals surface area contributed by atoms with Crippen molar-refractivity contribution in [2.45, 2.75) is 12.8 Å². The lowest BCUT2D eigenvalue weighted by molar-refractivity contribution is 0.694. The van der Waals surface area contributed by atoms with Crippen LogP contribution >= 0.6 is 15.9 Å². The van der Waals surface area contributed by atoms with Crippen molar-refractivity contribution in [3.8, 4) is 0 Å². The van der Waals surface area contributed by atoms with Gasteiger partial charge in [0, 0.05) is 6.54 Å². The number of nitroso groups, excluding NO2 is 1. The molecule has 1 aromatic heterocycles. The zero-order valence-corrected chi connectivity index (χ0v) is 8.49. The fourth-order valence-electron chi connectivity index (χ4n) is 1.49. The third-order valence-electron chi connectivity index (χ3n) is 2.08. The van der Waals surface area contributed by atoms with Gasteiger partial charge in [0.05, 0.1) is 16.7 Å². The Hall–Kier alpha value is -0.970. The highest BCUT2D eigenvalue weighted by Crippen LogP contribution is 2.26. The van der Waals surface area contributed by atoms with Crippen LogP contribution in [0.4, 0.5) is 5.69 Å². The summed E-state index contributed by atoms with van der Waals surface area (Å²) >= 11 is 3.29. The van der Waals surface area contributed by atoms with Crippen molar-refractivity contribution in [3.05, 3.63) is 27.3 Å². The molecule has 0 aromatic carbocycles. The van der Waals surface area contributed by atoms with Crippen LogP contribution in [0.25, 0.3) is 0 Å². The van der Waals surface area contributed by atoms with Gasteiger partial charge in [-0.2, -0.15) is 0 Å². The van der Waals surface area contributed by atoms with E-state index in [0.717, 1.165) is 28.8 Å². The molecule has 0 amide bonds. The number of anilines is 1. The van der Waals surface area contributed by atoms with Crippen molar-refractivity contribution < 1.29 is 0 Å². The first-order valence-corrected chi connectivity index (χ1v) is 4.87. The Labute approximate surface area is 84.0 Å². The molecule has 0 bridgehead atoms. The van der Waals surface area contributed by atoms with E-state index < -0.39 is 0 Å². The van der Waals surface area contributed by atoms with Crippen molar-refractivity contribution >= 4 is 21.6 Å². The maximum atomic E-state index is 10.4. The van der Waals surface area contributed by atoms with Gasteiger partial charge in [-0.1, -0.05) is 0 Å². The van der Waals surface area contributed by atoms with Crippen LogP contribution in [0.15, 0.2) is 22.0 Å². The third kappa shape index (κ3) is 1.56. The number of hydrogen-bond donors (Lipinski definition) is 0. The molecule has 2 heterocycles. The molecule has 1 aromatic rings. The maximum absolute atomic E-state index is 10.4. The zero-order valence-electron chi connectivity index (χ0n) is 6.90. The molecule has 0 unspecified atom stereocenters. The molecule has 0 aliphatic carbocycles. The van der Waals surface area contributed by atoms with Gasteiger partial charge < -0.3 is 0 Å². The van der Waals surface area contributed by atoms with Crippen molar-refractivity contribution in [2.24, 2.45) is 5.29 Å². The van der Waals surface area contributed by atoms with Gasteiger partial charge in [0.1, 0.15) is 4.60 Å². The summed E-state index contributed by atoms with van der Waals surface area (Å²) in [6.45, 7) is 0.694. The highest BCUT2D eigenvalue weighted by molar-refractivity contribution is 9.10. The first-order valence-electron chi connectivity index (χ1n) is 4.07. The molecule has 5 heteroatoms. The van der Waals surface area contributed by atoms with E-state index in [1.165, 1.54) is 5.01 Å². The van der Waals surface area contributed by atoms with Crippen LogP contribution in [0.2, 0.25) is 0 Å². The Morgan fingerprint density at radius 1 is 1.54 bits per heavy atom. The predicted octanol–water partition coefficient (Wildman–Crippen LogP) is 2.28. The molecular formula is C8H8BrN3O. The van der Waals surface area contributed by atoms with E-state index in [-0.39, 0.29) is 0 Å². The van der Waals surface area contributed by atoms with E-state index >= 15 is 0 Å². The van der Waals surface area contributed by atoms with E-state index in [2.05, 4.69) is 26.2 Å². The molecule has 4 nitrogen and oxygen atoms in total. The van der Waals surface area contributed by atoms with E-state index in [0.29, 0.717) is 6.54 Å². The largest absolute Gasteiger partial charge is 0.244 e. The van der Waals surface area contributed by atoms with E-state index in [4.69, 9.17) is 0 Å². The van der Waals surface area contributed by atoms with E-state index in [9.17, 15) is 4.91 Å². The van der Waals surface area contributed by atoms with Gasteiger partial charge in [-0.15, -0.1) is 4.91 Å². The fourth-order valence-corrected chi connectivity index (χ4v) is 1.83. The van der Waals surface area contributed by atoms with Gasteiger partial charge in [-0.05, 0) is 40.9 Å². The van der Waals surface area contributed by atoms with Gasteiger partial charge in [0.15, 0.2) is 0 Å². The lowest BCUT2D eigenvalue weighted by Crippen LogP contribution is -2.23.